The van der Waals surface area contributed by atoms with Crippen LogP contribution in [-0.4, -0.2) is 44.0 Å². The Balaban J connectivity index is 2.42. The van der Waals surface area contributed by atoms with Crippen molar-refractivity contribution in [2.24, 2.45) is 5.92 Å². The zero-order chi connectivity index (χ0) is 16.0. The number of aromatic nitrogens is 1. The number of carbonyl (C=O) groups excluding carboxylic acids is 2. The van der Waals surface area contributed by atoms with Crippen molar-refractivity contribution in [1.82, 2.24) is 15.6 Å². The van der Waals surface area contributed by atoms with Gasteiger partial charge in [0.15, 0.2) is 5.13 Å². The van der Waals surface area contributed by atoms with Gasteiger partial charge in [0.2, 0.25) is 5.91 Å². The Kier molecular flexibility index (Phi) is 6.41. The van der Waals surface area contributed by atoms with Crippen LogP contribution in [0.25, 0.3) is 0 Å². The summed E-state index contributed by atoms with van der Waals surface area (Å²) in [4.78, 5) is 29.8. The molecule has 21 heavy (non-hydrogen) atoms. The van der Waals surface area contributed by atoms with Gasteiger partial charge in [-0.25, -0.2) is 4.98 Å². The molecular formula is C13H23N5O2S. The number of anilines is 2. The Bertz CT molecular complexity index is 499. The van der Waals surface area contributed by atoms with Crippen molar-refractivity contribution in [2.45, 2.75) is 20.3 Å². The van der Waals surface area contributed by atoms with E-state index in [2.05, 4.69) is 15.6 Å². The van der Waals surface area contributed by atoms with Gasteiger partial charge < -0.3 is 21.3 Å². The van der Waals surface area contributed by atoms with Gasteiger partial charge in [-0.2, -0.15) is 0 Å². The molecule has 0 bridgehead atoms. The Morgan fingerprint density at radius 1 is 1.33 bits per heavy atom. The number of carbonyl (C=O) groups is 2. The number of amides is 2. The lowest BCUT2D eigenvalue weighted by molar-refractivity contribution is -0.121. The predicted molar refractivity (Wildman–Crippen MR) is 85.7 cm³/mol. The van der Waals surface area contributed by atoms with E-state index in [4.69, 9.17) is 5.73 Å². The highest BCUT2D eigenvalue weighted by Crippen LogP contribution is 2.26. The predicted octanol–water partition coefficient (Wildman–Crippen LogP) is 0.683. The quantitative estimate of drug-likeness (QED) is 0.687. The minimum atomic E-state index is -0.297. The topological polar surface area (TPSA) is 100 Å². The second-order valence-electron chi connectivity index (χ2n) is 5.31. The van der Waals surface area contributed by atoms with E-state index in [0.717, 1.165) is 0 Å². The number of nitrogens with zero attached hydrogens (tertiary/aromatic N) is 2. The monoisotopic (exact) mass is 313 g/mol. The van der Waals surface area contributed by atoms with E-state index in [1.165, 1.54) is 11.3 Å². The van der Waals surface area contributed by atoms with Crippen LogP contribution in [0.3, 0.4) is 0 Å². The van der Waals surface area contributed by atoms with Crippen LogP contribution >= 0.6 is 11.3 Å². The average Bonchev–Trinajstić information content (AvgIpc) is 2.78. The Morgan fingerprint density at radius 2 is 2.00 bits per heavy atom. The molecule has 0 aliphatic rings. The van der Waals surface area contributed by atoms with Crippen LogP contribution in [0.15, 0.2) is 0 Å². The molecule has 118 valence electrons. The lowest BCUT2D eigenvalue weighted by atomic mass is 10.2. The van der Waals surface area contributed by atoms with Gasteiger partial charge >= 0.3 is 0 Å². The second-order valence-corrected chi connectivity index (χ2v) is 6.29. The smallest absolute Gasteiger partial charge is 0.265 e. The summed E-state index contributed by atoms with van der Waals surface area (Å²) in [6, 6.07) is 0. The molecule has 0 atom stereocenters. The SMILES string of the molecule is CC(C)CNC(=O)CCNC(=O)c1sc(N(C)C)nc1N. The van der Waals surface area contributed by atoms with Crippen molar-refractivity contribution in [1.29, 1.82) is 0 Å². The third-order valence-electron chi connectivity index (χ3n) is 2.58. The minimum absolute atomic E-state index is 0.0738. The second kappa shape index (κ2) is 7.82. The summed E-state index contributed by atoms with van der Waals surface area (Å²) >= 11 is 1.23. The first-order chi connectivity index (χ1) is 9.81. The average molecular weight is 313 g/mol. The third kappa shape index (κ3) is 5.58. The fourth-order valence-electron chi connectivity index (χ4n) is 1.45. The van der Waals surface area contributed by atoms with Gasteiger partial charge in [-0.1, -0.05) is 25.2 Å². The van der Waals surface area contributed by atoms with E-state index in [9.17, 15) is 9.59 Å². The summed E-state index contributed by atoms with van der Waals surface area (Å²) in [7, 11) is 3.66. The molecule has 2 amide bonds. The van der Waals surface area contributed by atoms with Gasteiger partial charge in [-0.3, -0.25) is 9.59 Å². The number of nitrogens with one attached hydrogen (secondary N) is 2. The van der Waals surface area contributed by atoms with Crippen LogP contribution < -0.4 is 21.3 Å². The van der Waals surface area contributed by atoms with Crippen LogP contribution in [0.2, 0.25) is 0 Å². The molecule has 1 aromatic rings. The molecule has 1 aromatic heterocycles. The summed E-state index contributed by atoms with van der Waals surface area (Å²) in [5, 5.41) is 6.15. The normalized spacial score (nSPS) is 10.5. The number of nitrogens with two attached hydrogens (primary N) is 1. The van der Waals surface area contributed by atoms with Gasteiger partial charge in [0.05, 0.1) is 0 Å². The zero-order valence-corrected chi connectivity index (χ0v) is 13.7. The molecule has 0 aliphatic carbocycles. The summed E-state index contributed by atoms with van der Waals surface area (Å²) in [5.41, 5.74) is 5.73. The highest BCUT2D eigenvalue weighted by molar-refractivity contribution is 7.18. The first-order valence-electron chi connectivity index (χ1n) is 6.79. The van der Waals surface area contributed by atoms with Crippen LogP contribution in [0.5, 0.6) is 0 Å². The van der Waals surface area contributed by atoms with E-state index in [1.54, 1.807) is 4.90 Å². The van der Waals surface area contributed by atoms with Crippen molar-refractivity contribution in [2.75, 3.05) is 37.8 Å². The fraction of sp³-hybridized carbons (Fsp3) is 0.615. The Morgan fingerprint density at radius 3 is 2.52 bits per heavy atom. The summed E-state index contributed by atoms with van der Waals surface area (Å²) in [5.74, 6) is 0.250. The maximum absolute atomic E-state index is 12.0. The lowest BCUT2D eigenvalue weighted by Crippen LogP contribution is -2.32. The number of thiazole rings is 1. The Hall–Kier alpha value is -1.83. The molecule has 0 aromatic carbocycles. The van der Waals surface area contributed by atoms with Crippen LogP contribution in [0, 0.1) is 5.92 Å². The minimum Gasteiger partial charge on any atom is -0.382 e. The van der Waals surface area contributed by atoms with Gasteiger partial charge in [-0.05, 0) is 5.92 Å². The van der Waals surface area contributed by atoms with E-state index in [0.29, 0.717) is 22.5 Å². The zero-order valence-electron chi connectivity index (χ0n) is 12.9. The molecule has 0 spiro atoms. The molecule has 0 radical (unpaired) electrons. The molecule has 4 N–H and O–H groups in total. The van der Waals surface area contributed by atoms with E-state index in [-0.39, 0.29) is 30.6 Å². The molecule has 1 rings (SSSR count). The van der Waals surface area contributed by atoms with Crippen molar-refractivity contribution in [3.63, 3.8) is 0 Å². The highest BCUT2D eigenvalue weighted by Gasteiger charge is 2.17. The number of rotatable bonds is 7. The van der Waals surface area contributed by atoms with Crippen molar-refractivity contribution in [3.05, 3.63) is 4.88 Å². The molecule has 1 heterocycles. The molecule has 8 heteroatoms. The van der Waals surface area contributed by atoms with Gasteiger partial charge in [0.25, 0.3) is 5.91 Å². The van der Waals surface area contributed by atoms with Crippen LogP contribution in [0.1, 0.15) is 29.9 Å². The summed E-state index contributed by atoms with van der Waals surface area (Å²) in [6.07, 6.45) is 0.248. The maximum Gasteiger partial charge on any atom is 0.265 e. The number of nitrogen functional groups attached to an aromatic ring is 1. The first kappa shape index (κ1) is 17.2. The van der Waals surface area contributed by atoms with Crippen molar-refractivity contribution in [3.8, 4) is 0 Å². The molecule has 0 fully saturated rings. The lowest BCUT2D eigenvalue weighted by Gasteiger charge is -2.08. The van der Waals surface area contributed by atoms with Crippen LogP contribution in [-0.2, 0) is 4.79 Å². The molecule has 0 saturated carbocycles. The van der Waals surface area contributed by atoms with E-state index >= 15 is 0 Å². The molecule has 0 aliphatic heterocycles. The van der Waals surface area contributed by atoms with E-state index < -0.39 is 0 Å². The summed E-state index contributed by atoms with van der Waals surface area (Å²) in [6.45, 7) is 4.96. The third-order valence-corrected chi connectivity index (χ3v) is 3.81. The molecular weight excluding hydrogens is 290 g/mol. The number of hydrogen-bond donors (Lipinski definition) is 3. The summed E-state index contributed by atoms with van der Waals surface area (Å²) < 4.78 is 0. The number of hydrogen-bond acceptors (Lipinski definition) is 6. The Labute approximate surface area is 128 Å². The van der Waals surface area contributed by atoms with Gasteiger partial charge in [-0.15, -0.1) is 0 Å². The van der Waals surface area contributed by atoms with Crippen LogP contribution in [0.4, 0.5) is 10.9 Å². The van der Waals surface area contributed by atoms with E-state index in [1.807, 2.05) is 27.9 Å². The fourth-order valence-corrected chi connectivity index (χ4v) is 2.27. The van der Waals surface area contributed by atoms with Gasteiger partial charge in [0, 0.05) is 33.6 Å². The van der Waals surface area contributed by atoms with Crippen molar-refractivity contribution >= 4 is 34.1 Å². The molecule has 0 saturated heterocycles. The van der Waals surface area contributed by atoms with Gasteiger partial charge in [0.1, 0.15) is 10.7 Å². The van der Waals surface area contributed by atoms with Crippen molar-refractivity contribution < 1.29 is 9.59 Å². The standard InChI is InChI=1S/C13H23N5O2S/c1-8(2)7-16-9(19)5-6-15-12(20)10-11(14)17-13(21-10)18(3)4/h8H,5-7,14H2,1-4H3,(H,15,20)(H,16,19). The maximum atomic E-state index is 12.0. The first-order valence-corrected chi connectivity index (χ1v) is 7.61. The molecule has 0 unspecified atom stereocenters. The molecule has 7 nitrogen and oxygen atoms in total. The largest absolute Gasteiger partial charge is 0.382 e. The highest BCUT2D eigenvalue weighted by atomic mass is 32.1.